The first-order valence-corrected chi connectivity index (χ1v) is 4.48. The van der Waals surface area contributed by atoms with Crippen LogP contribution in [0.15, 0.2) is 18.2 Å². The minimum atomic E-state index is 0.804. The summed E-state index contributed by atoms with van der Waals surface area (Å²) in [5.41, 5.74) is 2.03. The zero-order chi connectivity index (χ0) is 7.84. The Hall–Kier alpha value is -0.600. The summed E-state index contributed by atoms with van der Waals surface area (Å²) in [7, 11) is 0. The monoisotopic (exact) mass is 183 g/mol. The van der Waals surface area contributed by atoms with Crippen LogP contribution in [-0.2, 0) is 0 Å². The van der Waals surface area contributed by atoms with E-state index >= 15 is 0 Å². The third-order valence-electron chi connectivity index (χ3n) is 1.48. The van der Waals surface area contributed by atoms with E-state index in [0.29, 0.717) is 0 Å². The number of pyridine rings is 1. The molecule has 0 atom stereocenters. The fourth-order valence-corrected chi connectivity index (χ4v) is 2.07. The summed E-state index contributed by atoms with van der Waals surface area (Å²) in [6, 6.07) is 5.94. The second kappa shape index (κ2) is 2.47. The van der Waals surface area contributed by atoms with E-state index in [9.17, 15) is 0 Å². The topological polar surface area (TPSA) is 12.9 Å². The Bertz CT molecular complexity index is 394. The minimum absolute atomic E-state index is 0.804. The normalized spacial score (nSPS) is 10.7. The number of hydrogen-bond acceptors (Lipinski definition) is 2. The van der Waals surface area contributed by atoms with Gasteiger partial charge < -0.3 is 0 Å². The molecule has 1 nitrogen and oxygen atoms in total. The second-order valence-electron chi connectivity index (χ2n) is 2.39. The van der Waals surface area contributed by atoms with Crippen LogP contribution in [0.1, 0.15) is 5.69 Å². The van der Waals surface area contributed by atoms with Crippen LogP contribution >= 0.6 is 22.9 Å². The maximum absolute atomic E-state index is 5.81. The van der Waals surface area contributed by atoms with Gasteiger partial charge in [-0.2, -0.15) is 0 Å². The van der Waals surface area contributed by atoms with Gasteiger partial charge in [0.2, 0.25) is 0 Å². The highest BCUT2D eigenvalue weighted by Gasteiger charge is 1.99. The molecule has 0 saturated heterocycles. The summed E-state index contributed by atoms with van der Waals surface area (Å²) in [6.07, 6.45) is 0. The molecule has 0 spiro atoms. The lowest BCUT2D eigenvalue weighted by atomic mass is 10.3. The van der Waals surface area contributed by atoms with Gasteiger partial charge in [-0.05, 0) is 25.1 Å². The van der Waals surface area contributed by atoms with E-state index in [1.54, 1.807) is 11.3 Å². The lowest BCUT2D eigenvalue weighted by Crippen LogP contribution is -1.76. The van der Waals surface area contributed by atoms with Crippen LogP contribution in [0.25, 0.3) is 10.2 Å². The smallest absolute Gasteiger partial charge is 0.0956 e. The predicted molar refractivity (Wildman–Crippen MR) is 49.4 cm³/mol. The Morgan fingerprint density at radius 1 is 1.45 bits per heavy atom. The minimum Gasteiger partial charge on any atom is -0.252 e. The zero-order valence-corrected chi connectivity index (χ0v) is 7.54. The van der Waals surface area contributed by atoms with Gasteiger partial charge in [-0.25, -0.2) is 0 Å². The molecule has 0 aliphatic rings. The SMILES string of the molecule is Cc1ccc2sc(Cl)cc2n1. The molecule has 2 aromatic rings. The Morgan fingerprint density at radius 3 is 3.09 bits per heavy atom. The van der Waals surface area contributed by atoms with Gasteiger partial charge in [0.25, 0.3) is 0 Å². The number of hydrogen-bond donors (Lipinski definition) is 0. The van der Waals surface area contributed by atoms with Crippen molar-refractivity contribution >= 4 is 33.2 Å². The molecule has 0 aliphatic heterocycles. The van der Waals surface area contributed by atoms with Gasteiger partial charge in [-0.3, -0.25) is 4.98 Å². The van der Waals surface area contributed by atoms with Gasteiger partial charge in [0.05, 0.1) is 14.6 Å². The molecule has 0 unspecified atom stereocenters. The first-order valence-electron chi connectivity index (χ1n) is 3.28. The van der Waals surface area contributed by atoms with Gasteiger partial charge in [0.1, 0.15) is 0 Å². The van der Waals surface area contributed by atoms with Crippen molar-refractivity contribution in [2.24, 2.45) is 0 Å². The van der Waals surface area contributed by atoms with Crippen LogP contribution in [0, 0.1) is 6.92 Å². The molecule has 3 heteroatoms. The van der Waals surface area contributed by atoms with Crippen molar-refractivity contribution < 1.29 is 0 Å². The summed E-state index contributed by atoms with van der Waals surface area (Å²) in [6.45, 7) is 1.98. The van der Waals surface area contributed by atoms with Crippen LogP contribution in [0.4, 0.5) is 0 Å². The van der Waals surface area contributed by atoms with E-state index in [0.717, 1.165) is 20.2 Å². The summed E-state index contributed by atoms with van der Waals surface area (Å²) in [5, 5.41) is 0. The number of rotatable bonds is 0. The third kappa shape index (κ3) is 1.24. The summed E-state index contributed by atoms with van der Waals surface area (Å²) in [5.74, 6) is 0. The van der Waals surface area contributed by atoms with E-state index in [1.807, 2.05) is 25.1 Å². The van der Waals surface area contributed by atoms with E-state index in [1.165, 1.54) is 0 Å². The molecule has 11 heavy (non-hydrogen) atoms. The van der Waals surface area contributed by atoms with E-state index in [-0.39, 0.29) is 0 Å². The molecular formula is C8H6ClNS. The Labute approximate surface area is 73.6 Å². The predicted octanol–water partition coefficient (Wildman–Crippen LogP) is 3.26. The summed E-state index contributed by atoms with van der Waals surface area (Å²) >= 11 is 7.38. The molecule has 2 aromatic heterocycles. The average Bonchev–Trinajstić information content (AvgIpc) is 2.27. The standard InChI is InChI=1S/C8H6ClNS/c1-5-2-3-7-6(10-5)4-8(9)11-7/h2-4H,1H3. The number of nitrogens with zero attached hydrogens (tertiary/aromatic N) is 1. The number of aromatic nitrogens is 1. The van der Waals surface area contributed by atoms with Gasteiger partial charge in [0.15, 0.2) is 0 Å². The number of fused-ring (bicyclic) bond motifs is 1. The Morgan fingerprint density at radius 2 is 2.27 bits per heavy atom. The third-order valence-corrected chi connectivity index (χ3v) is 2.70. The van der Waals surface area contributed by atoms with Crippen LogP contribution in [0.2, 0.25) is 4.34 Å². The lowest BCUT2D eigenvalue weighted by Gasteiger charge is -1.89. The van der Waals surface area contributed by atoms with E-state index in [2.05, 4.69) is 4.98 Å². The zero-order valence-electron chi connectivity index (χ0n) is 5.97. The van der Waals surface area contributed by atoms with Crippen molar-refractivity contribution in [3.05, 3.63) is 28.2 Å². The molecule has 0 radical (unpaired) electrons. The van der Waals surface area contributed by atoms with Crippen LogP contribution < -0.4 is 0 Å². The molecular weight excluding hydrogens is 178 g/mol. The Balaban J connectivity index is 2.82. The molecule has 0 fully saturated rings. The molecule has 2 rings (SSSR count). The quantitative estimate of drug-likeness (QED) is 0.611. The van der Waals surface area contributed by atoms with Gasteiger partial charge in [0, 0.05) is 5.69 Å². The fourth-order valence-electron chi connectivity index (χ4n) is 0.996. The van der Waals surface area contributed by atoms with Crippen LogP contribution in [0.5, 0.6) is 0 Å². The molecule has 0 amide bonds. The van der Waals surface area contributed by atoms with Gasteiger partial charge in [-0.1, -0.05) is 11.6 Å². The van der Waals surface area contributed by atoms with Crippen molar-refractivity contribution in [2.75, 3.05) is 0 Å². The fraction of sp³-hybridized carbons (Fsp3) is 0.125. The molecule has 0 saturated carbocycles. The molecule has 2 heterocycles. The highest BCUT2D eigenvalue weighted by atomic mass is 35.5. The van der Waals surface area contributed by atoms with Gasteiger partial charge >= 0.3 is 0 Å². The summed E-state index contributed by atoms with van der Waals surface area (Å²) in [4.78, 5) is 4.32. The maximum Gasteiger partial charge on any atom is 0.0956 e. The number of aryl methyl sites for hydroxylation is 1. The molecule has 0 bridgehead atoms. The highest BCUT2D eigenvalue weighted by Crippen LogP contribution is 2.27. The first kappa shape index (κ1) is 7.07. The Kier molecular flexibility index (Phi) is 1.59. The average molecular weight is 184 g/mol. The maximum atomic E-state index is 5.81. The lowest BCUT2D eigenvalue weighted by molar-refractivity contribution is 1.26. The van der Waals surface area contributed by atoms with Crippen molar-refractivity contribution in [1.82, 2.24) is 4.98 Å². The van der Waals surface area contributed by atoms with Crippen molar-refractivity contribution in [3.8, 4) is 0 Å². The first-order chi connectivity index (χ1) is 5.25. The van der Waals surface area contributed by atoms with Crippen molar-refractivity contribution in [1.29, 1.82) is 0 Å². The van der Waals surface area contributed by atoms with Crippen molar-refractivity contribution in [3.63, 3.8) is 0 Å². The van der Waals surface area contributed by atoms with Crippen LogP contribution in [0.3, 0.4) is 0 Å². The molecule has 0 aliphatic carbocycles. The largest absolute Gasteiger partial charge is 0.252 e. The molecule has 56 valence electrons. The number of thiophene rings is 1. The van der Waals surface area contributed by atoms with E-state index < -0.39 is 0 Å². The van der Waals surface area contributed by atoms with Crippen LogP contribution in [-0.4, -0.2) is 4.98 Å². The molecule has 0 N–H and O–H groups in total. The van der Waals surface area contributed by atoms with Crippen molar-refractivity contribution in [2.45, 2.75) is 6.92 Å². The second-order valence-corrected chi connectivity index (χ2v) is 4.10. The molecule has 0 aromatic carbocycles. The van der Waals surface area contributed by atoms with Gasteiger partial charge in [-0.15, -0.1) is 11.3 Å². The summed E-state index contributed by atoms with van der Waals surface area (Å²) < 4.78 is 1.96. The van der Waals surface area contributed by atoms with E-state index in [4.69, 9.17) is 11.6 Å². The number of halogens is 1. The highest BCUT2D eigenvalue weighted by molar-refractivity contribution is 7.22.